The molecular weight excluding hydrogens is 741 g/mol. The molecule has 5 aliphatic heterocycles. The Morgan fingerprint density at radius 3 is 1.71 bits per heavy atom. The van der Waals surface area contributed by atoms with Crippen molar-refractivity contribution >= 4 is 75.3 Å². The molecule has 8 heterocycles. The summed E-state index contributed by atoms with van der Waals surface area (Å²) in [6.45, 7) is 7.96. The highest BCUT2D eigenvalue weighted by atomic mass is 16.4. The fraction of sp³-hybridized carbons (Fsp3) is 0.267. The van der Waals surface area contributed by atoms with Gasteiger partial charge >= 0.3 is 0 Å². The summed E-state index contributed by atoms with van der Waals surface area (Å²) in [5.41, 5.74) is 21.0. The average molecular weight is 787 g/mol. The van der Waals surface area contributed by atoms with Crippen molar-refractivity contribution in [1.29, 1.82) is 0 Å². The third-order valence-electron chi connectivity index (χ3n) is 11.2. The third kappa shape index (κ3) is 7.33. The first-order valence-electron chi connectivity index (χ1n) is 20.4. The lowest BCUT2D eigenvalue weighted by Gasteiger charge is -2.33. The van der Waals surface area contributed by atoms with Gasteiger partial charge < -0.3 is 40.7 Å². The van der Waals surface area contributed by atoms with Crippen molar-refractivity contribution in [2.75, 3.05) is 58.1 Å². The summed E-state index contributed by atoms with van der Waals surface area (Å²) in [5, 5.41) is 7.14. The number of aromatic nitrogens is 1. The molecule has 0 saturated carbocycles. The Morgan fingerprint density at radius 1 is 0.576 bits per heavy atom. The number of hydrogen-bond acceptors (Lipinski definition) is 14. The number of allylic oxidation sites excluding steroid dienone is 2. The largest absolute Gasteiger partial charge is 0.446 e. The summed E-state index contributed by atoms with van der Waals surface area (Å²) in [6.07, 6.45) is 11.3. The molecule has 2 saturated heterocycles. The number of piperidine rings is 2. The topological polar surface area (TPSA) is 174 Å². The zero-order valence-corrected chi connectivity index (χ0v) is 33.2. The van der Waals surface area contributed by atoms with E-state index in [2.05, 4.69) is 74.0 Å². The van der Waals surface area contributed by atoms with Crippen LogP contribution in [0.2, 0.25) is 0 Å². The van der Waals surface area contributed by atoms with Crippen LogP contribution in [0.4, 0.5) is 46.2 Å². The molecule has 0 amide bonds. The Morgan fingerprint density at radius 2 is 1.14 bits per heavy atom. The van der Waals surface area contributed by atoms with Gasteiger partial charge in [0.1, 0.15) is 23.2 Å². The number of pyridine rings is 1. The molecule has 2 fully saturated rings. The smallest absolute Gasteiger partial charge is 0.239 e. The van der Waals surface area contributed by atoms with Crippen LogP contribution in [0.5, 0.6) is 0 Å². The Kier molecular flexibility index (Phi) is 9.23. The van der Waals surface area contributed by atoms with Gasteiger partial charge in [-0.1, -0.05) is 0 Å². The van der Waals surface area contributed by atoms with Crippen LogP contribution in [0, 0.1) is 13.8 Å². The van der Waals surface area contributed by atoms with Crippen molar-refractivity contribution in [1.82, 2.24) is 9.88 Å². The molecule has 2 aromatic carbocycles. The second-order valence-corrected chi connectivity index (χ2v) is 15.5. The fourth-order valence-corrected chi connectivity index (χ4v) is 8.31. The van der Waals surface area contributed by atoms with Crippen LogP contribution in [0.3, 0.4) is 0 Å². The minimum Gasteiger partial charge on any atom is -0.446 e. The molecular formula is C45H46N12O2. The summed E-state index contributed by atoms with van der Waals surface area (Å²) in [6, 6.07) is 24.2. The van der Waals surface area contributed by atoms with Crippen molar-refractivity contribution in [3.05, 3.63) is 119 Å². The maximum atomic E-state index is 6.17. The average Bonchev–Trinajstić information content (AvgIpc) is 3.86. The van der Waals surface area contributed by atoms with Gasteiger partial charge in [-0.05, 0) is 125 Å². The van der Waals surface area contributed by atoms with Gasteiger partial charge in [0.05, 0.1) is 28.5 Å². The molecule has 14 nitrogen and oxygen atoms in total. The van der Waals surface area contributed by atoms with E-state index in [1.807, 2.05) is 43.0 Å². The van der Waals surface area contributed by atoms with Gasteiger partial charge in [-0.15, -0.1) is 0 Å². The summed E-state index contributed by atoms with van der Waals surface area (Å²) in [4.78, 5) is 31.3. The predicted octanol–water partition coefficient (Wildman–Crippen LogP) is 8.73. The molecule has 3 aromatic heterocycles. The quantitative estimate of drug-likeness (QED) is 0.113. The molecule has 6 N–H and O–H groups in total. The van der Waals surface area contributed by atoms with Crippen LogP contribution >= 0.6 is 0 Å². The van der Waals surface area contributed by atoms with E-state index in [1.165, 1.54) is 38.5 Å². The predicted molar refractivity (Wildman–Crippen MR) is 237 cm³/mol. The molecule has 5 aromatic rings. The zero-order valence-electron chi connectivity index (χ0n) is 33.2. The first-order chi connectivity index (χ1) is 28.8. The normalized spacial score (nSPS) is 17.6. The third-order valence-corrected chi connectivity index (χ3v) is 11.2. The lowest BCUT2D eigenvalue weighted by atomic mass is 10.0. The van der Waals surface area contributed by atoms with Gasteiger partial charge in [0, 0.05) is 66.4 Å². The van der Waals surface area contributed by atoms with E-state index < -0.39 is 0 Å². The monoisotopic (exact) mass is 786 g/mol. The highest BCUT2D eigenvalue weighted by Gasteiger charge is 2.34. The highest BCUT2D eigenvalue weighted by Crippen LogP contribution is 2.39. The van der Waals surface area contributed by atoms with Gasteiger partial charge in [0.25, 0.3) is 0 Å². The number of aliphatic imine (C=N–C) groups is 4. The number of benzene rings is 2. The van der Waals surface area contributed by atoms with E-state index in [-0.39, 0.29) is 11.6 Å². The molecule has 0 unspecified atom stereocenters. The van der Waals surface area contributed by atoms with E-state index >= 15 is 0 Å². The molecule has 14 heteroatoms. The first kappa shape index (κ1) is 36.3. The second-order valence-electron chi connectivity index (χ2n) is 15.5. The Balaban J connectivity index is 1.12. The first-order valence-corrected chi connectivity index (χ1v) is 20.4. The Bertz CT molecular complexity index is 2520. The van der Waals surface area contributed by atoms with E-state index in [4.69, 9.17) is 40.3 Å². The maximum Gasteiger partial charge on any atom is 0.239 e. The molecule has 5 aliphatic rings. The van der Waals surface area contributed by atoms with Crippen LogP contribution < -0.4 is 31.9 Å². The molecule has 59 heavy (non-hydrogen) atoms. The molecule has 0 atom stereocenters. The standard InChI is InChI=1S/C45H46N12O2/c1-27-9-15-41(58-27)48-35-23-30(55-17-5-3-6-18-55)11-13-33(35)37-25-32-26-38(51-45-54-43(53-44(50-37)57(32)45)29-21-39(46)52-40(47)22-29)34-14-12-31(56-19-7-4-8-20-56)24-36(34)49-42-16-10-28(2)59-42/h9-16,21-26,48-49H,3-8,17-20H2,1-2H3,(H4,46,47,52). The highest BCUT2D eigenvalue weighted by molar-refractivity contribution is 6.27. The molecule has 0 radical (unpaired) electrons. The zero-order chi connectivity index (χ0) is 40.0. The number of nitrogens with two attached hydrogens (primary N) is 2. The number of furan rings is 2. The van der Waals surface area contributed by atoms with E-state index in [0.29, 0.717) is 46.5 Å². The lowest BCUT2D eigenvalue weighted by Crippen LogP contribution is -2.42. The molecule has 0 bridgehead atoms. The second kappa shape index (κ2) is 15.0. The summed E-state index contributed by atoms with van der Waals surface area (Å²) >= 11 is 0. The number of guanidine groups is 2. The number of nitrogen functional groups attached to an aromatic ring is 2. The summed E-state index contributed by atoms with van der Waals surface area (Å²) in [5.74, 6) is 4.67. The minimum atomic E-state index is 0.264. The Hall–Kier alpha value is -7.09. The SMILES string of the molecule is Cc1ccc(Nc2cc(N3CCCCC3)ccc2C2=CC3=CC(c4ccc(N5CCCCC5)cc4Nc4ccc(C)o4)=NC4=NC(c5cc(N)nc(N)c5)=NC(=N2)N34)o1. The Labute approximate surface area is 342 Å². The maximum absolute atomic E-state index is 6.17. The van der Waals surface area contributed by atoms with Gasteiger partial charge in [-0.25, -0.2) is 19.9 Å². The number of amidine groups is 1. The minimum absolute atomic E-state index is 0.264. The van der Waals surface area contributed by atoms with Crippen molar-refractivity contribution < 1.29 is 8.83 Å². The van der Waals surface area contributed by atoms with Crippen LogP contribution in [0.25, 0.3) is 5.70 Å². The molecule has 10 rings (SSSR count). The van der Waals surface area contributed by atoms with Crippen molar-refractivity contribution in [2.24, 2.45) is 20.0 Å². The van der Waals surface area contributed by atoms with Gasteiger partial charge in [-0.2, -0.15) is 9.98 Å². The number of anilines is 8. The van der Waals surface area contributed by atoms with Crippen LogP contribution in [0.1, 0.15) is 66.7 Å². The molecule has 0 spiro atoms. The number of hydrogen-bond donors (Lipinski definition) is 4. The fourth-order valence-electron chi connectivity index (χ4n) is 8.31. The summed E-state index contributed by atoms with van der Waals surface area (Å²) < 4.78 is 12.0. The van der Waals surface area contributed by atoms with E-state index in [1.54, 1.807) is 12.1 Å². The molecule has 0 aliphatic carbocycles. The number of rotatable bonds is 9. The van der Waals surface area contributed by atoms with Gasteiger partial charge in [0.15, 0.2) is 17.6 Å². The van der Waals surface area contributed by atoms with Crippen LogP contribution in [0.15, 0.2) is 119 Å². The van der Waals surface area contributed by atoms with Crippen LogP contribution in [-0.4, -0.2) is 59.5 Å². The number of nitrogens with zero attached hydrogens (tertiary/aromatic N) is 8. The van der Waals surface area contributed by atoms with Gasteiger partial charge in [-0.3, -0.25) is 0 Å². The van der Waals surface area contributed by atoms with E-state index in [0.717, 1.165) is 77.3 Å². The molecule has 298 valence electrons. The van der Waals surface area contributed by atoms with E-state index in [9.17, 15) is 0 Å². The van der Waals surface area contributed by atoms with Crippen molar-refractivity contribution in [2.45, 2.75) is 52.4 Å². The number of aryl methyl sites for hydroxylation is 2. The summed E-state index contributed by atoms with van der Waals surface area (Å²) in [7, 11) is 0. The lowest BCUT2D eigenvalue weighted by molar-refractivity contribution is 0.550. The van der Waals surface area contributed by atoms with Crippen LogP contribution in [-0.2, 0) is 0 Å². The van der Waals surface area contributed by atoms with Crippen molar-refractivity contribution in [3.8, 4) is 0 Å². The number of nitrogens with one attached hydrogen (secondary N) is 2. The van der Waals surface area contributed by atoms with Crippen molar-refractivity contribution in [3.63, 3.8) is 0 Å². The van der Waals surface area contributed by atoms with Gasteiger partial charge in [0.2, 0.25) is 11.9 Å².